The zero-order chi connectivity index (χ0) is 21.6. The molecule has 3 aliphatic rings. The van der Waals surface area contributed by atoms with Crippen molar-refractivity contribution in [2.45, 2.75) is 109 Å². The summed E-state index contributed by atoms with van der Waals surface area (Å²) in [6.45, 7) is 3.15. The van der Waals surface area contributed by atoms with E-state index in [9.17, 15) is 17.6 Å². The summed E-state index contributed by atoms with van der Waals surface area (Å²) in [6, 6.07) is 0. The first-order chi connectivity index (χ1) is 14.3. The smallest absolute Gasteiger partial charge is 0.378 e. The molecule has 0 saturated heterocycles. The number of allylic oxidation sites excluding steroid dienone is 2. The standard InChI is InChI=1S/C25H40F4O/c1-18-4-10-21(11-5-18)22-12-6-19(7-13-22)3-2-16-30-23-14-8-20(9-15-23)17-24(26)25(27,28)29/h17-23H,2-16H2,1H3. The Balaban J connectivity index is 1.24. The van der Waals surface area contributed by atoms with E-state index in [0.29, 0.717) is 12.8 Å². The van der Waals surface area contributed by atoms with Gasteiger partial charge in [0.05, 0.1) is 6.10 Å². The van der Waals surface area contributed by atoms with E-state index >= 15 is 0 Å². The van der Waals surface area contributed by atoms with Crippen LogP contribution in [0, 0.1) is 29.6 Å². The first kappa shape index (κ1) is 24.1. The fraction of sp³-hybridized carbons (Fsp3) is 0.920. The summed E-state index contributed by atoms with van der Waals surface area (Å²) in [5, 5.41) is 0. The van der Waals surface area contributed by atoms with Crippen LogP contribution in [-0.2, 0) is 4.74 Å². The largest absolute Gasteiger partial charge is 0.442 e. The molecule has 30 heavy (non-hydrogen) atoms. The zero-order valence-electron chi connectivity index (χ0n) is 18.6. The van der Waals surface area contributed by atoms with Crippen molar-refractivity contribution >= 4 is 0 Å². The number of ether oxygens (including phenoxy) is 1. The molecule has 174 valence electrons. The monoisotopic (exact) mass is 432 g/mol. The Morgan fingerprint density at radius 3 is 1.97 bits per heavy atom. The van der Waals surface area contributed by atoms with E-state index in [-0.39, 0.29) is 12.0 Å². The molecule has 0 aromatic rings. The second kappa shape index (κ2) is 11.3. The molecule has 1 nitrogen and oxygen atoms in total. The Morgan fingerprint density at radius 2 is 1.40 bits per heavy atom. The van der Waals surface area contributed by atoms with Crippen LogP contribution in [0.3, 0.4) is 0 Å². The minimum atomic E-state index is -4.85. The number of rotatable bonds is 7. The van der Waals surface area contributed by atoms with Gasteiger partial charge in [0, 0.05) is 6.61 Å². The second-order valence-corrected chi connectivity index (χ2v) is 10.4. The third-order valence-corrected chi connectivity index (χ3v) is 8.10. The van der Waals surface area contributed by atoms with Crippen LogP contribution in [0.5, 0.6) is 0 Å². The summed E-state index contributed by atoms with van der Waals surface area (Å²) in [5.41, 5.74) is 0. The third-order valence-electron chi connectivity index (χ3n) is 8.10. The topological polar surface area (TPSA) is 9.23 Å². The van der Waals surface area contributed by atoms with Gasteiger partial charge in [-0.1, -0.05) is 32.6 Å². The fourth-order valence-electron chi connectivity index (χ4n) is 6.05. The maximum atomic E-state index is 13.1. The van der Waals surface area contributed by atoms with E-state index in [0.717, 1.165) is 55.6 Å². The summed E-state index contributed by atoms with van der Waals surface area (Å²) in [4.78, 5) is 0. The van der Waals surface area contributed by atoms with Gasteiger partial charge in [-0.05, 0) is 99.9 Å². The van der Waals surface area contributed by atoms with Crippen LogP contribution < -0.4 is 0 Å². The Bertz CT molecular complexity index is 520. The molecule has 0 spiro atoms. The Hall–Kier alpha value is -0.580. The van der Waals surface area contributed by atoms with Crippen LogP contribution in [0.1, 0.15) is 96.8 Å². The van der Waals surface area contributed by atoms with Gasteiger partial charge in [0.1, 0.15) is 0 Å². The van der Waals surface area contributed by atoms with Crippen LogP contribution in [0.2, 0.25) is 0 Å². The average Bonchev–Trinajstić information content (AvgIpc) is 2.73. The van der Waals surface area contributed by atoms with Crippen molar-refractivity contribution in [2.75, 3.05) is 6.61 Å². The van der Waals surface area contributed by atoms with E-state index in [2.05, 4.69) is 6.92 Å². The highest BCUT2D eigenvalue weighted by Gasteiger charge is 2.35. The molecule has 3 aliphatic carbocycles. The SMILES string of the molecule is CC1CCC(C2CCC(CCCOC3CCC(C=C(F)C(F)(F)F)CC3)CC2)CC1. The number of hydrogen-bond acceptors (Lipinski definition) is 1. The Labute approximate surface area is 180 Å². The predicted octanol–water partition coefficient (Wildman–Crippen LogP) is 8.39. The van der Waals surface area contributed by atoms with Crippen LogP contribution in [-0.4, -0.2) is 18.9 Å². The summed E-state index contributed by atoms with van der Waals surface area (Å²) in [6.07, 6.45) is 12.3. The molecular formula is C25H40F4O. The Kier molecular flexibility index (Phi) is 9.09. The second-order valence-electron chi connectivity index (χ2n) is 10.4. The highest BCUT2D eigenvalue weighted by Crippen LogP contribution is 2.42. The summed E-state index contributed by atoms with van der Waals surface area (Å²) >= 11 is 0. The van der Waals surface area contributed by atoms with Crippen LogP contribution >= 0.6 is 0 Å². The molecular weight excluding hydrogens is 392 g/mol. The van der Waals surface area contributed by atoms with Gasteiger partial charge in [-0.2, -0.15) is 13.2 Å². The number of alkyl halides is 3. The van der Waals surface area contributed by atoms with Gasteiger partial charge in [0.25, 0.3) is 0 Å². The van der Waals surface area contributed by atoms with E-state index < -0.39 is 12.0 Å². The first-order valence-electron chi connectivity index (χ1n) is 12.4. The lowest BCUT2D eigenvalue weighted by molar-refractivity contribution is -0.109. The van der Waals surface area contributed by atoms with E-state index in [4.69, 9.17) is 4.74 Å². The van der Waals surface area contributed by atoms with Gasteiger partial charge in [-0.25, -0.2) is 4.39 Å². The molecule has 5 heteroatoms. The highest BCUT2D eigenvalue weighted by molar-refractivity contribution is 5.03. The fourth-order valence-corrected chi connectivity index (χ4v) is 6.05. The quantitative estimate of drug-likeness (QED) is 0.290. The van der Waals surface area contributed by atoms with Gasteiger partial charge in [-0.3, -0.25) is 0 Å². The minimum absolute atomic E-state index is 0.132. The molecule has 0 heterocycles. The lowest BCUT2D eigenvalue weighted by Gasteiger charge is -2.37. The van der Waals surface area contributed by atoms with E-state index in [1.807, 2.05) is 0 Å². The van der Waals surface area contributed by atoms with Crippen molar-refractivity contribution in [3.05, 3.63) is 11.9 Å². The molecule has 3 saturated carbocycles. The summed E-state index contributed by atoms with van der Waals surface area (Å²) in [7, 11) is 0. The molecule has 0 aromatic carbocycles. The van der Waals surface area contributed by atoms with Gasteiger partial charge >= 0.3 is 6.18 Å². The first-order valence-corrected chi connectivity index (χ1v) is 12.4. The predicted molar refractivity (Wildman–Crippen MR) is 113 cm³/mol. The molecule has 3 fully saturated rings. The Morgan fingerprint density at radius 1 is 0.833 bits per heavy atom. The zero-order valence-corrected chi connectivity index (χ0v) is 18.6. The lowest BCUT2D eigenvalue weighted by atomic mass is 9.69. The van der Waals surface area contributed by atoms with Crippen molar-refractivity contribution in [2.24, 2.45) is 29.6 Å². The maximum absolute atomic E-state index is 13.1. The van der Waals surface area contributed by atoms with Gasteiger partial charge < -0.3 is 4.74 Å². The summed E-state index contributed by atoms with van der Waals surface area (Å²) in [5.74, 6) is 1.48. The van der Waals surface area contributed by atoms with Gasteiger partial charge in [-0.15, -0.1) is 0 Å². The number of halogens is 4. The molecule has 0 bridgehead atoms. The molecule has 0 aliphatic heterocycles. The summed E-state index contributed by atoms with van der Waals surface area (Å²) < 4.78 is 56.0. The van der Waals surface area contributed by atoms with Crippen molar-refractivity contribution in [3.63, 3.8) is 0 Å². The molecule has 0 N–H and O–H groups in total. The molecule has 0 unspecified atom stereocenters. The molecule has 0 aromatic heterocycles. The van der Waals surface area contributed by atoms with Crippen LogP contribution in [0.25, 0.3) is 0 Å². The third kappa shape index (κ3) is 7.53. The van der Waals surface area contributed by atoms with Crippen molar-refractivity contribution in [1.29, 1.82) is 0 Å². The van der Waals surface area contributed by atoms with Crippen molar-refractivity contribution in [1.82, 2.24) is 0 Å². The van der Waals surface area contributed by atoms with E-state index in [1.165, 1.54) is 57.8 Å². The van der Waals surface area contributed by atoms with Gasteiger partial charge in [0.2, 0.25) is 0 Å². The molecule has 3 rings (SSSR count). The maximum Gasteiger partial charge on any atom is 0.442 e. The van der Waals surface area contributed by atoms with Crippen molar-refractivity contribution < 1.29 is 22.3 Å². The van der Waals surface area contributed by atoms with Crippen LogP contribution in [0.4, 0.5) is 17.6 Å². The number of hydrogen-bond donors (Lipinski definition) is 0. The van der Waals surface area contributed by atoms with Gasteiger partial charge in [0.15, 0.2) is 5.83 Å². The molecule has 0 atom stereocenters. The highest BCUT2D eigenvalue weighted by atomic mass is 19.4. The molecule has 0 amide bonds. The lowest BCUT2D eigenvalue weighted by Crippen LogP contribution is -2.25. The van der Waals surface area contributed by atoms with Crippen molar-refractivity contribution in [3.8, 4) is 0 Å². The van der Waals surface area contributed by atoms with Crippen LogP contribution in [0.15, 0.2) is 11.9 Å². The van der Waals surface area contributed by atoms with E-state index in [1.54, 1.807) is 0 Å². The normalized spacial score (nSPS) is 36.6. The minimum Gasteiger partial charge on any atom is -0.378 e. The molecule has 0 radical (unpaired) electrons. The average molecular weight is 433 g/mol.